The molecule has 1 amide bonds. The number of ether oxygens (including phenoxy) is 1. The van der Waals surface area contributed by atoms with E-state index in [9.17, 15) is 21.6 Å². The zero-order valence-corrected chi connectivity index (χ0v) is 28.6. The highest BCUT2D eigenvalue weighted by molar-refractivity contribution is 7.92. The normalized spacial score (nSPS) is 11.6. The number of H-pyrrole nitrogens is 2. The molecule has 0 saturated heterocycles. The summed E-state index contributed by atoms with van der Waals surface area (Å²) in [6.07, 6.45) is 4.16. The van der Waals surface area contributed by atoms with Crippen molar-refractivity contribution in [2.45, 2.75) is 32.4 Å². The number of methoxy groups -OCH3 is 1. The molecule has 48 heavy (non-hydrogen) atoms. The molecule has 0 aliphatic heterocycles. The Morgan fingerprint density at radius 1 is 0.708 bits per heavy atom. The van der Waals surface area contributed by atoms with E-state index in [2.05, 4.69) is 20.0 Å². The third-order valence-electron chi connectivity index (χ3n) is 7.99. The van der Waals surface area contributed by atoms with Crippen molar-refractivity contribution in [1.82, 2.24) is 20.2 Å². The minimum Gasteiger partial charge on any atom is -0.453 e. The first-order chi connectivity index (χ1) is 23.1. The molecule has 2 aromatic heterocycles. The van der Waals surface area contributed by atoms with E-state index in [0.29, 0.717) is 28.1 Å². The van der Waals surface area contributed by atoms with Crippen LogP contribution in [0.15, 0.2) is 129 Å². The van der Waals surface area contributed by atoms with Crippen LogP contribution in [-0.2, 0) is 37.3 Å². The third-order valence-corrected chi connectivity index (χ3v) is 11.6. The topological polar surface area (TPSA) is 141 Å². The number of amides is 1. The molecule has 0 saturated carbocycles. The molecule has 0 aliphatic rings. The van der Waals surface area contributed by atoms with Crippen LogP contribution >= 0.6 is 0 Å². The van der Waals surface area contributed by atoms with Crippen molar-refractivity contribution < 1.29 is 26.4 Å². The molecule has 6 rings (SSSR count). The molecule has 250 valence electrons. The number of carbonyl (C=O) groups excluding carboxylic acids is 1. The molecular weight excluding hydrogens is 649 g/mol. The van der Waals surface area contributed by atoms with Crippen molar-refractivity contribution in [2.24, 2.45) is 0 Å². The Morgan fingerprint density at radius 3 is 1.60 bits per heavy atom. The molecule has 0 atom stereocenters. The van der Waals surface area contributed by atoms with E-state index >= 15 is 0 Å². The average molecular weight is 687 g/mol. The van der Waals surface area contributed by atoms with Gasteiger partial charge in [0.05, 0.1) is 26.7 Å². The maximum atomic E-state index is 12.9. The molecular formula is C36H38N4O6S2. The number of aromatic amines is 2. The van der Waals surface area contributed by atoms with Gasteiger partial charge in [-0.1, -0.05) is 48.5 Å². The lowest BCUT2D eigenvalue weighted by atomic mass is 10.1. The highest BCUT2D eigenvalue weighted by Crippen LogP contribution is 2.30. The van der Waals surface area contributed by atoms with Crippen LogP contribution in [0.25, 0.3) is 21.8 Å². The fraction of sp³-hybridized carbons (Fsp3) is 0.194. The molecule has 3 N–H and O–H groups in total. The lowest BCUT2D eigenvalue weighted by molar-refractivity contribution is 0.134. The predicted octanol–water partition coefficient (Wildman–Crippen LogP) is 6.00. The maximum Gasteiger partial charge on any atom is 0.409 e. The minimum atomic E-state index is -3.60. The number of carbonyl (C=O) groups is 1. The molecule has 0 aliphatic carbocycles. The molecule has 0 spiro atoms. The van der Waals surface area contributed by atoms with Gasteiger partial charge in [0, 0.05) is 47.8 Å². The monoisotopic (exact) mass is 686 g/mol. The van der Waals surface area contributed by atoms with Gasteiger partial charge in [-0.3, -0.25) is 0 Å². The summed E-state index contributed by atoms with van der Waals surface area (Å²) in [5.74, 6) is 0. The highest BCUT2D eigenvalue weighted by atomic mass is 32.2. The number of rotatable bonds is 10. The maximum absolute atomic E-state index is 12.9. The standard InChI is InChI=1S/C19H20N2O4S.C17H18N2O2S/c1-21(19(22)25-2)11-10-14-8-9-17-16(12-14)18(13-20-17)26(23,24)15-6-4-3-5-7-15;1-18-10-9-13-7-8-16-15(11-13)17(12-19-16)22(20,21)14-5-3-2-4-6-14/h3-9,12-13,20H,10-11H2,1-2H3;2-8,11-12,18-19H,9-10H2,1H3. The van der Waals surface area contributed by atoms with Gasteiger partial charge >= 0.3 is 6.09 Å². The molecule has 0 unspecified atom stereocenters. The molecule has 10 nitrogen and oxygen atoms in total. The number of aromatic nitrogens is 2. The Kier molecular flexibility index (Phi) is 10.7. The SMILES string of the molecule is CNCCc1ccc2[nH]cc(S(=O)(=O)c3ccccc3)c2c1.COC(=O)N(C)CCc1ccc2[nH]cc(S(=O)(=O)c3ccccc3)c2c1. The third kappa shape index (κ3) is 7.46. The smallest absolute Gasteiger partial charge is 0.409 e. The van der Waals surface area contributed by atoms with Gasteiger partial charge in [-0.2, -0.15) is 0 Å². The van der Waals surface area contributed by atoms with E-state index in [4.69, 9.17) is 0 Å². The molecule has 2 heterocycles. The number of hydrogen-bond acceptors (Lipinski definition) is 7. The van der Waals surface area contributed by atoms with Gasteiger partial charge in [0.2, 0.25) is 19.7 Å². The summed E-state index contributed by atoms with van der Waals surface area (Å²) >= 11 is 0. The minimum absolute atomic E-state index is 0.252. The van der Waals surface area contributed by atoms with Gasteiger partial charge in [0.15, 0.2) is 0 Å². The van der Waals surface area contributed by atoms with Gasteiger partial charge < -0.3 is 24.9 Å². The van der Waals surface area contributed by atoms with Crippen LogP contribution in [0.1, 0.15) is 11.1 Å². The number of sulfone groups is 2. The number of likely N-dealkylation sites (N-methyl/N-ethyl adjacent to an activating group) is 2. The van der Waals surface area contributed by atoms with E-state index in [1.54, 1.807) is 67.8 Å². The van der Waals surface area contributed by atoms with Gasteiger partial charge in [-0.25, -0.2) is 21.6 Å². The fourth-order valence-corrected chi connectivity index (χ4v) is 8.19. The van der Waals surface area contributed by atoms with Crippen LogP contribution in [0, 0.1) is 0 Å². The van der Waals surface area contributed by atoms with Crippen molar-refractivity contribution in [1.29, 1.82) is 0 Å². The Labute approximate surface area is 280 Å². The number of nitrogens with zero attached hydrogens (tertiary/aromatic N) is 1. The Morgan fingerprint density at radius 2 is 1.17 bits per heavy atom. The Bertz CT molecular complexity index is 2230. The largest absolute Gasteiger partial charge is 0.453 e. The average Bonchev–Trinajstić information content (AvgIpc) is 3.75. The number of hydrogen-bond donors (Lipinski definition) is 3. The number of nitrogens with one attached hydrogen (secondary N) is 3. The second-order valence-corrected chi connectivity index (χ2v) is 15.0. The quantitative estimate of drug-likeness (QED) is 0.160. The highest BCUT2D eigenvalue weighted by Gasteiger charge is 2.23. The summed E-state index contributed by atoms with van der Waals surface area (Å²) in [7, 11) is -2.21. The van der Waals surface area contributed by atoms with Crippen molar-refractivity contribution in [3.8, 4) is 0 Å². The van der Waals surface area contributed by atoms with Crippen molar-refractivity contribution in [3.05, 3.63) is 121 Å². The Balaban J connectivity index is 0.000000190. The summed E-state index contributed by atoms with van der Waals surface area (Å²) in [6.45, 7) is 1.33. The van der Waals surface area contributed by atoms with Crippen LogP contribution in [0.5, 0.6) is 0 Å². The van der Waals surface area contributed by atoms with Gasteiger partial charge in [-0.15, -0.1) is 0 Å². The number of benzene rings is 4. The van der Waals surface area contributed by atoms with Gasteiger partial charge in [0.25, 0.3) is 0 Å². The first kappa shape index (κ1) is 34.4. The summed E-state index contributed by atoms with van der Waals surface area (Å²) in [6, 6.07) is 28.4. The van der Waals surface area contributed by atoms with E-state index in [-0.39, 0.29) is 9.79 Å². The fourth-order valence-electron chi connectivity index (χ4n) is 5.31. The molecule has 0 fully saturated rings. The molecule has 6 aromatic rings. The van der Waals surface area contributed by atoms with E-state index in [1.165, 1.54) is 18.2 Å². The first-order valence-electron chi connectivity index (χ1n) is 15.3. The van der Waals surface area contributed by atoms with Crippen LogP contribution in [0.3, 0.4) is 0 Å². The van der Waals surface area contributed by atoms with Crippen molar-refractivity contribution >= 4 is 47.6 Å². The molecule has 12 heteroatoms. The van der Waals surface area contributed by atoms with Crippen LogP contribution in [0.4, 0.5) is 4.79 Å². The molecule has 0 bridgehead atoms. The predicted molar refractivity (Wildman–Crippen MR) is 187 cm³/mol. The molecule has 4 aromatic carbocycles. The van der Waals surface area contributed by atoms with Gasteiger partial charge in [0.1, 0.15) is 0 Å². The summed E-state index contributed by atoms with van der Waals surface area (Å²) in [5.41, 5.74) is 3.65. The van der Waals surface area contributed by atoms with Crippen molar-refractivity contribution in [2.75, 3.05) is 34.3 Å². The van der Waals surface area contributed by atoms with E-state index < -0.39 is 25.8 Å². The first-order valence-corrected chi connectivity index (χ1v) is 18.3. The van der Waals surface area contributed by atoms with Gasteiger partial charge in [-0.05, 0) is 86.1 Å². The summed E-state index contributed by atoms with van der Waals surface area (Å²) in [5, 5.41) is 4.50. The second kappa shape index (κ2) is 14.9. The van der Waals surface area contributed by atoms with Crippen LogP contribution in [0.2, 0.25) is 0 Å². The summed E-state index contributed by atoms with van der Waals surface area (Å²) in [4.78, 5) is 20.2. The van der Waals surface area contributed by atoms with Crippen molar-refractivity contribution in [3.63, 3.8) is 0 Å². The second-order valence-electron chi connectivity index (χ2n) is 11.2. The van der Waals surface area contributed by atoms with Crippen LogP contribution in [-0.4, -0.2) is 72.1 Å². The van der Waals surface area contributed by atoms with E-state index in [1.807, 2.05) is 49.5 Å². The molecule has 0 radical (unpaired) electrons. The van der Waals surface area contributed by atoms with Crippen LogP contribution < -0.4 is 5.32 Å². The zero-order valence-electron chi connectivity index (χ0n) is 26.9. The lowest BCUT2D eigenvalue weighted by Crippen LogP contribution is -2.28. The van der Waals surface area contributed by atoms with E-state index in [0.717, 1.165) is 40.5 Å². The number of fused-ring (bicyclic) bond motifs is 2. The summed E-state index contributed by atoms with van der Waals surface area (Å²) < 4.78 is 56.1. The lowest BCUT2D eigenvalue weighted by Gasteiger charge is -2.15. The Hall–Kier alpha value is -4.91. The zero-order chi connectivity index (χ0) is 34.3.